The fourth-order valence-corrected chi connectivity index (χ4v) is 3.02. The lowest BCUT2D eigenvalue weighted by Crippen LogP contribution is -2.54. The Kier molecular flexibility index (Phi) is 2.61. The Morgan fingerprint density at radius 2 is 2.08 bits per heavy atom. The first-order valence-electron chi connectivity index (χ1n) is 5.72. The van der Waals surface area contributed by atoms with Gasteiger partial charge >= 0.3 is 0 Å². The van der Waals surface area contributed by atoms with Crippen LogP contribution in [0.4, 0.5) is 0 Å². The van der Waals surface area contributed by atoms with Gasteiger partial charge in [-0.25, -0.2) is 0 Å². The summed E-state index contributed by atoms with van der Waals surface area (Å²) in [6.07, 6.45) is 8.68. The van der Waals surface area contributed by atoms with Crippen LogP contribution in [0.3, 0.4) is 0 Å². The van der Waals surface area contributed by atoms with Gasteiger partial charge in [-0.3, -0.25) is 0 Å². The molecule has 1 spiro atoms. The van der Waals surface area contributed by atoms with Crippen LogP contribution < -0.4 is 11.1 Å². The minimum Gasteiger partial charge on any atom is -0.327 e. The lowest BCUT2D eigenvalue weighted by atomic mass is 9.63. The molecule has 2 fully saturated rings. The minimum absolute atomic E-state index is 0.305. The maximum Gasteiger partial charge on any atom is 0.0136 e. The van der Waals surface area contributed by atoms with Gasteiger partial charge in [-0.1, -0.05) is 12.8 Å². The summed E-state index contributed by atoms with van der Waals surface area (Å²) >= 11 is 0. The lowest BCUT2D eigenvalue weighted by molar-refractivity contribution is 0.0724. The van der Waals surface area contributed by atoms with Gasteiger partial charge in [0.2, 0.25) is 0 Å². The number of hydrogen-bond donors (Lipinski definition) is 2. The van der Waals surface area contributed by atoms with E-state index in [0.717, 1.165) is 12.6 Å². The fraction of sp³-hybridized carbons (Fsp3) is 1.00. The summed E-state index contributed by atoms with van der Waals surface area (Å²) in [5.74, 6) is 0. The molecule has 0 bridgehead atoms. The molecule has 0 aromatic carbocycles. The van der Waals surface area contributed by atoms with Crippen molar-refractivity contribution in [3.05, 3.63) is 0 Å². The van der Waals surface area contributed by atoms with Crippen molar-refractivity contribution in [2.24, 2.45) is 11.1 Å². The Morgan fingerprint density at radius 1 is 1.38 bits per heavy atom. The first-order valence-corrected chi connectivity index (χ1v) is 5.72. The first kappa shape index (κ1) is 9.47. The van der Waals surface area contributed by atoms with Crippen molar-refractivity contribution >= 4 is 0 Å². The highest BCUT2D eigenvalue weighted by Crippen LogP contribution is 2.53. The lowest BCUT2D eigenvalue weighted by Gasteiger charge is -2.48. The summed E-state index contributed by atoms with van der Waals surface area (Å²) in [4.78, 5) is 0. The van der Waals surface area contributed by atoms with Crippen LogP contribution >= 0.6 is 0 Å². The molecule has 2 unspecified atom stereocenters. The average molecular weight is 182 g/mol. The Morgan fingerprint density at radius 3 is 2.54 bits per heavy atom. The molecular formula is C11H22N2. The number of rotatable bonds is 3. The molecule has 0 aliphatic heterocycles. The average Bonchev–Trinajstić information content (AvgIpc) is 2.51. The maximum absolute atomic E-state index is 5.74. The third-order valence-corrected chi connectivity index (χ3v) is 3.96. The predicted molar refractivity (Wildman–Crippen MR) is 55.6 cm³/mol. The largest absolute Gasteiger partial charge is 0.327 e. The molecule has 3 N–H and O–H groups in total. The summed E-state index contributed by atoms with van der Waals surface area (Å²) in [6.45, 7) is 3.07. The zero-order valence-corrected chi connectivity index (χ0v) is 8.68. The number of nitrogens with two attached hydrogens (primary N) is 1. The highest BCUT2D eigenvalue weighted by atomic mass is 15.0. The van der Waals surface area contributed by atoms with Gasteiger partial charge in [0.15, 0.2) is 0 Å². The van der Waals surface area contributed by atoms with Crippen LogP contribution in [0.2, 0.25) is 0 Å². The summed E-state index contributed by atoms with van der Waals surface area (Å²) in [6, 6.07) is 1.10. The molecule has 0 saturated heterocycles. The van der Waals surface area contributed by atoms with E-state index in [1.54, 1.807) is 0 Å². The topological polar surface area (TPSA) is 38.0 Å². The zero-order chi connectivity index (χ0) is 9.31. The van der Waals surface area contributed by atoms with Crippen LogP contribution in [0.15, 0.2) is 0 Å². The molecule has 2 rings (SSSR count). The summed E-state index contributed by atoms with van der Waals surface area (Å²) in [5.41, 5.74) is 6.45. The van der Waals surface area contributed by atoms with Gasteiger partial charge in [-0.2, -0.15) is 0 Å². The molecule has 0 aromatic rings. The van der Waals surface area contributed by atoms with Gasteiger partial charge in [0, 0.05) is 18.6 Å². The van der Waals surface area contributed by atoms with Gasteiger partial charge in [-0.05, 0) is 38.0 Å². The Hall–Kier alpha value is -0.0800. The highest BCUT2D eigenvalue weighted by molar-refractivity contribution is 5.02. The molecule has 2 saturated carbocycles. The third kappa shape index (κ3) is 1.75. The molecule has 2 atom stereocenters. The SMILES string of the molecule is CC(N)CNC1CCC12CCCC2. The van der Waals surface area contributed by atoms with E-state index in [2.05, 4.69) is 12.2 Å². The summed E-state index contributed by atoms with van der Waals surface area (Å²) in [5, 5.41) is 3.63. The van der Waals surface area contributed by atoms with E-state index in [-0.39, 0.29) is 0 Å². The highest BCUT2D eigenvalue weighted by Gasteiger charge is 2.47. The van der Waals surface area contributed by atoms with Gasteiger partial charge in [0.1, 0.15) is 0 Å². The van der Waals surface area contributed by atoms with Crippen LogP contribution in [0.1, 0.15) is 45.4 Å². The summed E-state index contributed by atoms with van der Waals surface area (Å²) < 4.78 is 0. The van der Waals surface area contributed by atoms with Crippen molar-refractivity contribution in [3.8, 4) is 0 Å². The quantitative estimate of drug-likeness (QED) is 0.696. The molecule has 76 valence electrons. The van der Waals surface area contributed by atoms with Crippen molar-refractivity contribution in [3.63, 3.8) is 0 Å². The molecule has 2 heteroatoms. The smallest absolute Gasteiger partial charge is 0.0136 e. The van der Waals surface area contributed by atoms with Crippen LogP contribution in [-0.2, 0) is 0 Å². The standard InChI is InChI=1S/C11H22N2/c1-9(12)8-13-10-4-7-11(10)5-2-3-6-11/h9-10,13H,2-8,12H2,1H3. The van der Waals surface area contributed by atoms with E-state index in [9.17, 15) is 0 Å². The Balaban J connectivity index is 1.80. The number of hydrogen-bond acceptors (Lipinski definition) is 2. The van der Waals surface area contributed by atoms with Gasteiger partial charge in [0.05, 0.1) is 0 Å². The van der Waals surface area contributed by atoms with Crippen LogP contribution in [0, 0.1) is 5.41 Å². The van der Waals surface area contributed by atoms with Crippen molar-refractivity contribution in [2.75, 3.05) is 6.54 Å². The van der Waals surface area contributed by atoms with Crippen LogP contribution in [-0.4, -0.2) is 18.6 Å². The molecule has 0 aromatic heterocycles. The first-order chi connectivity index (χ1) is 6.23. The molecule has 0 radical (unpaired) electrons. The maximum atomic E-state index is 5.74. The van der Waals surface area contributed by atoms with E-state index in [1.165, 1.54) is 38.5 Å². The van der Waals surface area contributed by atoms with Gasteiger partial charge in [-0.15, -0.1) is 0 Å². The van der Waals surface area contributed by atoms with Crippen molar-refractivity contribution in [2.45, 2.75) is 57.5 Å². The second-order valence-corrected chi connectivity index (χ2v) is 5.05. The second kappa shape index (κ2) is 3.58. The molecule has 13 heavy (non-hydrogen) atoms. The van der Waals surface area contributed by atoms with Crippen molar-refractivity contribution in [1.82, 2.24) is 5.32 Å². The third-order valence-electron chi connectivity index (χ3n) is 3.96. The fourth-order valence-electron chi connectivity index (χ4n) is 3.02. The Labute approximate surface area is 81.3 Å². The van der Waals surface area contributed by atoms with E-state index in [0.29, 0.717) is 11.5 Å². The second-order valence-electron chi connectivity index (χ2n) is 5.05. The predicted octanol–water partition coefficient (Wildman–Crippen LogP) is 1.65. The van der Waals surface area contributed by atoms with Crippen LogP contribution in [0.25, 0.3) is 0 Å². The van der Waals surface area contributed by atoms with Crippen molar-refractivity contribution in [1.29, 1.82) is 0 Å². The Bertz CT molecular complexity index is 171. The molecule has 0 heterocycles. The molecule has 2 aliphatic carbocycles. The number of nitrogens with one attached hydrogen (secondary N) is 1. The molecular weight excluding hydrogens is 160 g/mol. The van der Waals surface area contributed by atoms with E-state index in [1.807, 2.05) is 0 Å². The van der Waals surface area contributed by atoms with E-state index in [4.69, 9.17) is 5.73 Å². The molecule has 2 aliphatic rings. The minimum atomic E-state index is 0.305. The zero-order valence-electron chi connectivity index (χ0n) is 8.68. The van der Waals surface area contributed by atoms with E-state index < -0.39 is 0 Å². The van der Waals surface area contributed by atoms with Gasteiger partial charge in [0.25, 0.3) is 0 Å². The summed E-state index contributed by atoms with van der Waals surface area (Å²) in [7, 11) is 0. The monoisotopic (exact) mass is 182 g/mol. The molecule has 2 nitrogen and oxygen atoms in total. The van der Waals surface area contributed by atoms with Crippen LogP contribution in [0.5, 0.6) is 0 Å². The van der Waals surface area contributed by atoms with Gasteiger partial charge < -0.3 is 11.1 Å². The molecule has 0 amide bonds. The normalized spacial score (nSPS) is 33.2. The van der Waals surface area contributed by atoms with E-state index >= 15 is 0 Å². The van der Waals surface area contributed by atoms with Crippen molar-refractivity contribution < 1.29 is 0 Å².